The summed E-state index contributed by atoms with van der Waals surface area (Å²) in [6, 6.07) is 9.25. The second-order valence-electron chi connectivity index (χ2n) is 8.27. The molecule has 7 nitrogen and oxygen atoms in total. The summed E-state index contributed by atoms with van der Waals surface area (Å²) in [5, 5.41) is 4.92. The van der Waals surface area contributed by atoms with Crippen molar-refractivity contribution in [1.82, 2.24) is 15.1 Å². The van der Waals surface area contributed by atoms with Gasteiger partial charge in [-0.25, -0.2) is 4.79 Å². The van der Waals surface area contributed by atoms with Crippen molar-refractivity contribution in [3.05, 3.63) is 46.2 Å². The van der Waals surface area contributed by atoms with Crippen LogP contribution in [0.5, 0.6) is 11.5 Å². The quantitative estimate of drug-likeness (QED) is 0.623. The van der Waals surface area contributed by atoms with Crippen LogP contribution in [0, 0.1) is 5.92 Å². The molecule has 1 aromatic carbocycles. The molecule has 0 unspecified atom stereocenters. The number of fused-ring (bicyclic) bond motifs is 1. The van der Waals surface area contributed by atoms with Crippen molar-refractivity contribution in [2.45, 2.75) is 32.2 Å². The maximum Gasteiger partial charge on any atom is 0.317 e. The summed E-state index contributed by atoms with van der Waals surface area (Å²) in [7, 11) is 1.62. The number of carbonyl (C=O) groups excluding carboxylic acids is 2. The monoisotopic (exact) mass is 457 g/mol. The third kappa shape index (κ3) is 5.18. The van der Waals surface area contributed by atoms with Gasteiger partial charge in [-0.1, -0.05) is 12.1 Å². The Morgan fingerprint density at radius 1 is 1.22 bits per heavy atom. The molecule has 1 atom stereocenters. The third-order valence-corrected chi connectivity index (χ3v) is 6.99. The fourth-order valence-corrected chi connectivity index (χ4v) is 5.06. The van der Waals surface area contributed by atoms with E-state index < -0.39 is 0 Å². The van der Waals surface area contributed by atoms with Gasteiger partial charge in [0.2, 0.25) is 5.91 Å². The molecule has 2 aliphatic rings. The Hall–Kier alpha value is -2.74. The summed E-state index contributed by atoms with van der Waals surface area (Å²) >= 11 is 1.72. The van der Waals surface area contributed by atoms with Crippen molar-refractivity contribution in [1.29, 1.82) is 0 Å². The van der Waals surface area contributed by atoms with Crippen LogP contribution in [0.1, 0.15) is 36.2 Å². The molecule has 0 bridgehead atoms. The van der Waals surface area contributed by atoms with Crippen LogP contribution in [0.2, 0.25) is 0 Å². The Balaban J connectivity index is 1.50. The Bertz CT molecular complexity index is 943. The van der Waals surface area contributed by atoms with Crippen molar-refractivity contribution in [2.24, 2.45) is 5.92 Å². The lowest BCUT2D eigenvalue weighted by Gasteiger charge is -2.37. The Morgan fingerprint density at radius 2 is 2.00 bits per heavy atom. The standard InChI is InChI=1S/C24H31N3O4S/c1-3-25-24(29)26(14-17-8-9-17)15-23(28)27-12-10-22-18(11-13-32-22)19(27)16-31-21-7-5-4-6-20(21)30-2/h4-7,11,13,17,19H,3,8-10,12,14-16H2,1-2H3,(H,25,29)/t19-/m1/s1. The van der Waals surface area contributed by atoms with Gasteiger partial charge in [0.05, 0.1) is 13.2 Å². The molecule has 0 saturated heterocycles. The zero-order chi connectivity index (χ0) is 22.5. The zero-order valence-corrected chi connectivity index (χ0v) is 19.5. The number of urea groups is 1. The van der Waals surface area contributed by atoms with E-state index in [1.807, 2.05) is 36.1 Å². The van der Waals surface area contributed by atoms with Crippen molar-refractivity contribution in [3.8, 4) is 11.5 Å². The summed E-state index contributed by atoms with van der Waals surface area (Å²) in [6.07, 6.45) is 3.08. The van der Waals surface area contributed by atoms with Gasteiger partial charge in [0, 0.05) is 24.5 Å². The number of nitrogens with zero attached hydrogens (tertiary/aromatic N) is 2. The largest absolute Gasteiger partial charge is 0.493 e. The number of rotatable bonds is 9. The maximum atomic E-state index is 13.4. The highest BCUT2D eigenvalue weighted by Gasteiger charge is 2.35. The van der Waals surface area contributed by atoms with E-state index in [0.29, 0.717) is 43.7 Å². The minimum Gasteiger partial charge on any atom is -0.493 e. The number of benzene rings is 1. The van der Waals surface area contributed by atoms with Crippen molar-refractivity contribution in [2.75, 3.05) is 39.9 Å². The van der Waals surface area contributed by atoms with E-state index in [-0.39, 0.29) is 24.5 Å². The predicted octanol–water partition coefficient (Wildman–Crippen LogP) is 3.70. The fourth-order valence-electron chi connectivity index (χ4n) is 4.13. The summed E-state index contributed by atoms with van der Waals surface area (Å²) < 4.78 is 11.5. The number of hydrogen-bond acceptors (Lipinski definition) is 5. The average Bonchev–Trinajstić information content (AvgIpc) is 3.49. The van der Waals surface area contributed by atoms with E-state index in [2.05, 4.69) is 16.8 Å². The molecule has 0 radical (unpaired) electrons. The van der Waals surface area contributed by atoms with Crippen molar-refractivity contribution in [3.63, 3.8) is 0 Å². The molecule has 1 aliphatic carbocycles. The first-order valence-electron chi connectivity index (χ1n) is 11.2. The number of ether oxygens (including phenoxy) is 2. The highest BCUT2D eigenvalue weighted by atomic mass is 32.1. The minimum absolute atomic E-state index is 0.0395. The second kappa shape index (κ2) is 10.3. The van der Waals surface area contributed by atoms with Crippen LogP contribution < -0.4 is 14.8 Å². The molecule has 172 valence electrons. The Kier molecular flexibility index (Phi) is 7.19. The van der Waals surface area contributed by atoms with Gasteiger partial charge in [-0.15, -0.1) is 11.3 Å². The molecule has 1 saturated carbocycles. The van der Waals surface area contributed by atoms with Crippen LogP contribution in [-0.2, 0) is 11.2 Å². The average molecular weight is 458 g/mol. The summed E-state index contributed by atoms with van der Waals surface area (Å²) in [5.74, 6) is 1.79. The highest BCUT2D eigenvalue weighted by molar-refractivity contribution is 7.10. The molecule has 2 aromatic rings. The van der Waals surface area contributed by atoms with E-state index in [1.54, 1.807) is 23.3 Å². The second-order valence-corrected chi connectivity index (χ2v) is 9.27. The van der Waals surface area contributed by atoms with Crippen LogP contribution in [-0.4, -0.2) is 61.6 Å². The third-order valence-electron chi connectivity index (χ3n) is 6.00. The molecule has 1 fully saturated rings. The van der Waals surface area contributed by atoms with Crippen LogP contribution in [0.25, 0.3) is 0 Å². The number of hydrogen-bond donors (Lipinski definition) is 1. The number of para-hydroxylation sites is 2. The molecule has 1 aromatic heterocycles. The van der Waals surface area contributed by atoms with E-state index >= 15 is 0 Å². The first kappa shape index (κ1) is 22.5. The lowest BCUT2D eigenvalue weighted by atomic mass is 10.0. The van der Waals surface area contributed by atoms with Crippen molar-refractivity contribution < 1.29 is 19.1 Å². The van der Waals surface area contributed by atoms with Gasteiger partial charge in [0.25, 0.3) is 0 Å². The molecule has 32 heavy (non-hydrogen) atoms. The van der Waals surface area contributed by atoms with E-state index in [0.717, 1.165) is 24.8 Å². The molecule has 3 amide bonds. The number of amides is 3. The SMILES string of the molecule is CCNC(=O)N(CC(=O)N1CCc2sccc2[C@H]1COc1ccccc1OC)CC1CC1. The molecular formula is C24H31N3O4S. The summed E-state index contributed by atoms with van der Waals surface area (Å²) in [6.45, 7) is 4.12. The van der Waals surface area contributed by atoms with Crippen molar-refractivity contribution >= 4 is 23.3 Å². The van der Waals surface area contributed by atoms with Gasteiger partial charge in [-0.05, 0) is 61.2 Å². The number of methoxy groups -OCH3 is 1. The van der Waals surface area contributed by atoms with E-state index in [4.69, 9.17) is 9.47 Å². The van der Waals surface area contributed by atoms with Gasteiger partial charge >= 0.3 is 6.03 Å². The molecule has 1 N–H and O–H groups in total. The zero-order valence-electron chi connectivity index (χ0n) is 18.7. The van der Waals surface area contributed by atoms with E-state index in [1.165, 1.54) is 4.88 Å². The number of carbonyl (C=O) groups is 2. The van der Waals surface area contributed by atoms with Crippen LogP contribution in [0.3, 0.4) is 0 Å². The van der Waals surface area contributed by atoms with Gasteiger partial charge in [0.1, 0.15) is 13.2 Å². The fraction of sp³-hybridized carbons (Fsp3) is 0.500. The molecule has 1 aliphatic heterocycles. The number of thiophene rings is 1. The molecule has 8 heteroatoms. The predicted molar refractivity (Wildman–Crippen MR) is 124 cm³/mol. The minimum atomic E-state index is -0.195. The van der Waals surface area contributed by atoms with Gasteiger partial charge in [-0.3, -0.25) is 4.79 Å². The first-order valence-corrected chi connectivity index (χ1v) is 12.1. The lowest BCUT2D eigenvalue weighted by Crippen LogP contribution is -2.50. The first-order chi connectivity index (χ1) is 15.6. The van der Waals surface area contributed by atoms with Crippen LogP contribution >= 0.6 is 11.3 Å². The smallest absolute Gasteiger partial charge is 0.317 e. The van der Waals surface area contributed by atoms with Crippen LogP contribution in [0.15, 0.2) is 35.7 Å². The molecule has 4 rings (SSSR count). The Labute approximate surface area is 193 Å². The maximum absolute atomic E-state index is 13.4. The topological polar surface area (TPSA) is 71.1 Å². The van der Waals surface area contributed by atoms with Gasteiger partial charge in [0.15, 0.2) is 11.5 Å². The summed E-state index contributed by atoms with van der Waals surface area (Å²) in [4.78, 5) is 30.8. The lowest BCUT2D eigenvalue weighted by molar-refractivity contribution is -0.135. The molecular weight excluding hydrogens is 426 g/mol. The van der Waals surface area contributed by atoms with Gasteiger partial charge in [-0.2, -0.15) is 0 Å². The molecule has 0 spiro atoms. The van der Waals surface area contributed by atoms with Gasteiger partial charge < -0.3 is 24.6 Å². The normalized spacial score (nSPS) is 17.4. The number of nitrogens with one attached hydrogen (secondary N) is 1. The van der Waals surface area contributed by atoms with Crippen LogP contribution in [0.4, 0.5) is 4.79 Å². The Morgan fingerprint density at radius 3 is 2.72 bits per heavy atom. The summed E-state index contributed by atoms with van der Waals surface area (Å²) in [5.41, 5.74) is 1.14. The molecule has 2 heterocycles. The van der Waals surface area contributed by atoms with E-state index in [9.17, 15) is 9.59 Å². The highest BCUT2D eigenvalue weighted by Crippen LogP contribution is 2.35.